The van der Waals surface area contributed by atoms with Crippen LogP contribution in [0.15, 0.2) is 12.5 Å². The number of hydrogen-bond acceptors (Lipinski definition) is 8. The number of nitrogens with one attached hydrogen (secondary N) is 4. The summed E-state index contributed by atoms with van der Waals surface area (Å²) in [6, 6.07) is -1.90. The minimum atomic E-state index is -1.02. The van der Waals surface area contributed by atoms with Gasteiger partial charge in [-0.2, -0.15) is 0 Å². The molecule has 32 heavy (non-hydrogen) atoms. The molecule has 0 saturated heterocycles. The van der Waals surface area contributed by atoms with Gasteiger partial charge < -0.3 is 36.1 Å². The molecule has 0 aliphatic heterocycles. The van der Waals surface area contributed by atoms with E-state index in [2.05, 4.69) is 25.9 Å². The second kappa shape index (κ2) is 13.3. The van der Waals surface area contributed by atoms with Crippen molar-refractivity contribution >= 4 is 23.9 Å². The number of imidazole rings is 1. The third-order valence-electron chi connectivity index (χ3n) is 4.17. The van der Waals surface area contributed by atoms with Crippen molar-refractivity contribution in [3.63, 3.8) is 0 Å². The van der Waals surface area contributed by atoms with Crippen molar-refractivity contribution in [3.05, 3.63) is 18.2 Å². The largest absolute Gasteiger partial charge is 0.467 e. The number of rotatable bonds is 12. The number of ether oxygens (including phenoxy) is 2. The first-order valence-corrected chi connectivity index (χ1v) is 10.4. The van der Waals surface area contributed by atoms with E-state index in [1.807, 2.05) is 0 Å². The van der Waals surface area contributed by atoms with E-state index < -0.39 is 48.1 Å². The highest BCUT2D eigenvalue weighted by atomic mass is 16.6. The molecule has 0 unspecified atom stereocenters. The van der Waals surface area contributed by atoms with Crippen molar-refractivity contribution in [1.29, 1.82) is 0 Å². The first-order valence-electron chi connectivity index (χ1n) is 10.4. The molecule has 0 bridgehead atoms. The Morgan fingerprint density at radius 2 is 1.88 bits per heavy atom. The molecule has 0 aromatic carbocycles. The lowest BCUT2D eigenvalue weighted by Gasteiger charge is -2.22. The Bertz CT molecular complexity index is 746. The van der Waals surface area contributed by atoms with Gasteiger partial charge in [0, 0.05) is 18.3 Å². The average molecular weight is 455 g/mol. The number of amides is 3. The summed E-state index contributed by atoms with van der Waals surface area (Å²) in [5, 5.41) is 7.52. The summed E-state index contributed by atoms with van der Waals surface area (Å²) in [7, 11) is 1.23. The molecule has 1 heterocycles. The van der Waals surface area contributed by atoms with Gasteiger partial charge in [0.05, 0.1) is 13.4 Å². The molecule has 180 valence electrons. The van der Waals surface area contributed by atoms with Gasteiger partial charge in [0.2, 0.25) is 11.8 Å². The molecule has 1 rings (SSSR count). The van der Waals surface area contributed by atoms with Crippen LogP contribution in [-0.2, 0) is 30.3 Å². The second-order valence-corrected chi connectivity index (χ2v) is 8.13. The fourth-order valence-electron chi connectivity index (χ4n) is 2.69. The lowest BCUT2D eigenvalue weighted by molar-refractivity contribution is -0.145. The number of H-pyrrole nitrogens is 1. The Kier molecular flexibility index (Phi) is 11.2. The standard InChI is InChI=1S/C20H34N6O6/c1-20(2,3)32-19(30)23-11-16(27)25-15(9-13-10-22-12-24-13)17(28)26-14(18(29)31-4)7-5-6-8-21/h10,12,14-15H,5-9,11,21H2,1-4H3,(H,22,24)(H,23,30)(H,25,27)(H,26,28)/t14-,15-/m0/s1. The predicted octanol–water partition coefficient (Wildman–Crippen LogP) is -0.251. The first kappa shape index (κ1) is 26.9. The molecule has 0 saturated carbocycles. The summed E-state index contributed by atoms with van der Waals surface area (Å²) in [5.41, 5.74) is 5.38. The molecule has 12 heteroatoms. The van der Waals surface area contributed by atoms with E-state index in [0.29, 0.717) is 31.5 Å². The number of alkyl carbamates (subject to hydrolysis) is 1. The van der Waals surface area contributed by atoms with Crippen LogP contribution in [-0.4, -0.2) is 71.7 Å². The smallest absolute Gasteiger partial charge is 0.408 e. The maximum atomic E-state index is 12.9. The molecular formula is C20H34N6O6. The van der Waals surface area contributed by atoms with E-state index in [0.717, 1.165) is 0 Å². The maximum Gasteiger partial charge on any atom is 0.408 e. The summed E-state index contributed by atoms with van der Waals surface area (Å²) in [4.78, 5) is 55.8. The summed E-state index contributed by atoms with van der Waals surface area (Å²) in [6.45, 7) is 5.16. The Morgan fingerprint density at radius 1 is 1.16 bits per heavy atom. The molecule has 0 radical (unpaired) electrons. The molecular weight excluding hydrogens is 420 g/mol. The number of nitrogens with two attached hydrogens (primary N) is 1. The highest BCUT2D eigenvalue weighted by molar-refractivity contribution is 5.92. The highest BCUT2D eigenvalue weighted by Gasteiger charge is 2.28. The number of aromatic amines is 1. The van der Waals surface area contributed by atoms with Crippen LogP contribution in [0.4, 0.5) is 4.79 Å². The van der Waals surface area contributed by atoms with Crippen molar-refractivity contribution in [1.82, 2.24) is 25.9 Å². The van der Waals surface area contributed by atoms with E-state index in [4.69, 9.17) is 15.2 Å². The van der Waals surface area contributed by atoms with E-state index in [1.54, 1.807) is 20.8 Å². The molecule has 2 atom stereocenters. The second-order valence-electron chi connectivity index (χ2n) is 8.13. The molecule has 0 aliphatic rings. The molecule has 0 aliphatic carbocycles. The quantitative estimate of drug-likeness (QED) is 0.212. The Balaban J connectivity index is 2.79. The molecule has 1 aromatic heterocycles. The van der Waals surface area contributed by atoms with Crippen LogP contribution in [0.5, 0.6) is 0 Å². The summed E-state index contributed by atoms with van der Waals surface area (Å²) in [5.74, 6) is -1.77. The topological polar surface area (TPSA) is 178 Å². The number of carbonyl (C=O) groups is 4. The van der Waals surface area contributed by atoms with Gasteiger partial charge in [0.1, 0.15) is 24.2 Å². The van der Waals surface area contributed by atoms with Crippen molar-refractivity contribution in [2.24, 2.45) is 5.73 Å². The van der Waals surface area contributed by atoms with Crippen LogP contribution in [0.3, 0.4) is 0 Å². The monoisotopic (exact) mass is 454 g/mol. The lowest BCUT2D eigenvalue weighted by atomic mass is 10.1. The van der Waals surface area contributed by atoms with Crippen LogP contribution in [0.1, 0.15) is 45.7 Å². The number of esters is 1. The first-order chi connectivity index (χ1) is 15.1. The van der Waals surface area contributed by atoms with E-state index >= 15 is 0 Å². The molecule has 12 nitrogen and oxygen atoms in total. The van der Waals surface area contributed by atoms with Crippen molar-refractivity contribution in [2.45, 2.75) is 64.1 Å². The zero-order chi connectivity index (χ0) is 24.1. The molecule has 0 fully saturated rings. The third kappa shape index (κ3) is 10.8. The summed E-state index contributed by atoms with van der Waals surface area (Å²) >= 11 is 0. The van der Waals surface area contributed by atoms with Gasteiger partial charge in [-0.25, -0.2) is 14.6 Å². The lowest BCUT2D eigenvalue weighted by Crippen LogP contribution is -2.54. The van der Waals surface area contributed by atoms with Gasteiger partial charge in [-0.3, -0.25) is 9.59 Å². The highest BCUT2D eigenvalue weighted by Crippen LogP contribution is 2.07. The van der Waals surface area contributed by atoms with E-state index in [1.165, 1.54) is 19.6 Å². The van der Waals surface area contributed by atoms with Crippen molar-refractivity contribution < 1.29 is 28.7 Å². The fraction of sp³-hybridized carbons (Fsp3) is 0.650. The van der Waals surface area contributed by atoms with Crippen LogP contribution in [0, 0.1) is 0 Å². The number of hydrogen-bond donors (Lipinski definition) is 5. The van der Waals surface area contributed by atoms with E-state index in [-0.39, 0.29) is 6.42 Å². The van der Waals surface area contributed by atoms with Crippen LogP contribution >= 0.6 is 0 Å². The van der Waals surface area contributed by atoms with Gasteiger partial charge >= 0.3 is 12.1 Å². The molecule has 1 aromatic rings. The number of aromatic nitrogens is 2. The minimum Gasteiger partial charge on any atom is -0.467 e. The average Bonchev–Trinajstić information content (AvgIpc) is 3.22. The van der Waals surface area contributed by atoms with Gasteiger partial charge in [-0.15, -0.1) is 0 Å². The van der Waals surface area contributed by atoms with E-state index in [9.17, 15) is 19.2 Å². The molecule has 3 amide bonds. The van der Waals surface area contributed by atoms with Crippen LogP contribution in [0.25, 0.3) is 0 Å². The van der Waals surface area contributed by atoms with Crippen molar-refractivity contribution in [2.75, 3.05) is 20.2 Å². The van der Waals surface area contributed by atoms with Crippen molar-refractivity contribution in [3.8, 4) is 0 Å². The number of carbonyl (C=O) groups excluding carboxylic acids is 4. The SMILES string of the molecule is COC(=O)[C@H](CCCCN)NC(=O)[C@H](Cc1cnc[nH]1)NC(=O)CNC(=O)OC(C)(C)C. The van der Waals surface area contributed by atoms with Gasteiger partial charge in [-0.05, 0) is 46.6 Å². The Morgan fingerprint density at radius 3 is 2.44 bits per heavy atom. The molecule has 6 N–H and O–H groups in total. The predicted molar refractivity (Wildman–Crippen MR) is 115 cm³/mol. The van der Waals surface area contributed by atoms with Crippen LogP contribution < -0.4 is 21.7 Å². The normalized spacial score (nSPS) is 12.9. The summed E-state index contributed by atoms with van der Waals surface area (Å²) in [6.07, 6.45) is 3.96. The fourth-order valence-corrected chi connectivity index (χ4v) is 2.69. The number of methoxy groups -OCH3 is 1. The zero-order valence-electron chi connectivity index (χ0n) is 19.0. The van der Waals surface area contributed by atoms with Crippen LogP contribution in [0.2, 0.25) is 0 Å². The number of unbranched alkanes of at least 4 members (excludes halogenated alkanes) is 1. The number of nitrogens with zero attached hydrogens (tertiary/aromatic N) is 1. The zero-order valence-corrected chi connectivity index (χ0v) is 19.0. The summed E-state index contributed by atoms with van der Waals surface area (Å²) < 4.78 is 9.85. The Hall–Kier alpha value is -3.15. The van der Waals surface area contributed by atoms with Gasteiger partial charge in [0.25, 0.3) is 0 Å². The minimum absolute atomic E-state index is 0.0979. The van der Waals surface area contributed by atoms with Gasteiger partial charge in [-0.1, -0.05) is 0 Å². The molecule has 0 spiro atoms. The Labute approximate surface area is 187 Å². The van der Waals surface area contributed by atoms with Gasteiger partial charge in [0.15, 0.2) is 0 Å². The third-order valence-corrected chi connectivity index (χ3v) is 4.17. The maximum absolute atomic E-state index is 12.9.